The van der Waals surface area contributed by atoms with Crippen LogP contribution in [-0.4, -0.2) is 57.7 Å². The number of hydrogen-bond acceptors (Lipinski definition) is 4. The third kappa shape index (κ3) is 2.68. The summed E-state index contributed by atoms with van der Waals surface area (Å²) in [6.07, 6.45) is 3.62. The van der Waals surface area contributed by atoms with Crippen LogP contribution in [0.4, 0.5) is 0 Å². The third-order valence-electron chi connectivity index (χ3n) is 4.04. The molecule has 1 aromatic heterocycles. The van der Waals surface area contributed by atoms with Gasteiger partial charge in [-0.1, -0.05) is 0 Å². The Balaban J connectivity index is 1.88. The van der Waals surface area contributed by atoms with Gasteiger partial charge in [-0.15, -0.1) is 0 Å². The first-order chi connectivity index (χ1) is 9.89. The van der Waals surface area contributed by atoms with Gasteiger partial charge in [-0.3, -0.25) is 4.79 Å². The fourth-order valence-corrected chi connectivity index (χ4v) is 4.14. The van der Waals surface area contributed by atoms with Gasteiger partial charge in [-0.05, 0) is 18.8 Å². The van der Waals surface area contributed by atoms with Crippen LogP contribution in [-0.2, 0) is 28.0 Å². The zero-order valence-electron chi connectivity index (χ0n) is 11.7. The average Bonchev–Trinajstić information content (AvgIpc) is 3.12. The summed E-state index contributed by atoms with van der Waals surface area (Å²) < 4.78 is 27.6. The number of aromatic amines is 1. The second-order valence-corrected chi connectivity index (χ2v) is 7.65. The van der Waals surface area contributed by atoms with Crippen molar-refractivity contribution >= 4 is 16.2 Å². The maximum absolute atomic E-state index is 12.6. The Bertz CT molecular complexity index is 652. The van der Waals surface area contributed by atoms with Gasteiger partial charge in [0.05, 0.1) is 24.3 Å². The lowest BCUT2D eigenvalue weighted by atomic mass is 10.1. The van der Waals surface area contributed by atoms with Gasteiger partial charge in [-0.2, -0.15) is 17.0 Å². The molecule has 1 unspecified atom stereocenters. The van der Waals surface area contributed by atoms with E-state index in [9.17, 15) is 18.3 Å². The topological polar surface area (TPSA) is 107 Å². The quantitative estimate of drug-likeness (QED) is 0.783. The van der Waals surface area contributed by atoms with Crippen molar-refractivity contribution in [3.05, 3.63) is 17.7 Å². The Hall–Kier alpha value is -1.45. The van der Waals surface area contributed by atoms with Crippen molar-refractivity contribution < 1.29 is 18.3 Å². The third-order valence-corrected chi connectivity index (χ3v) is 5.96. The number of hydrogen-bond donors (Lipinski definition) is 2. The van der Waals surface area contributed by atoms with Crippen LogP contribution in [0.3, 0.4) is 0 Å². The van der Waals surface area contributed by atoms with Crippen molar-refractivity contribution in [2.24, 2.45) is 5.92 Å². The molecule has 1 fully saturated rings. The van der Waals surface area contributed by atoms with E-state index in [0.29, 0.717) is 23.9 Å². The van der Waals surface area contributed by atoms with Crippen LogP contribution in [0, 0.1) is 5.92 Å². The van der Waals surface area contributed by atoms with E-state index in [1.807, 2.05) is 0 Å². The van der Waals surface area contributed by atoms with Crippen molar-refractivity contribution in [3.8, 4) is 0 Å². The Morgan fingerprint density at radius 2 is 2.29 bits per heavy atom. The lowest BCUT2D eigenvalue weighted by Gasteiger charge is -2.34. The largest absolute Gasteiger partial charge is 0.480 e. The number of nitrogens with one attached hydrogen (secondary N) is 1. The number of aliphatic carboxylic acids is 1. The van der Waals surface area contributed by atoms with Crippen molar-refractivity contribution in [2.45, 2.75) is 31.8 Å². The zero-order chi connectivity index (χ0) is 15.2. The van der Waals surface area contributed by atoms with Crippen LogP contribution in [0.1, 0.15) is 24.2 Å². The van der Waals surface area contributed by atoms with E-state index in [-0.39, 0.29) is 13.0 Å². The lowest BCUT2D eigenvalue weighted by molar-refractivity contribution is -0.142. The lowest BCUT2D eigenvalue weighted by Crippen LogP contribution is -2.53. The van der Waals surface area contributed by atoms with Crippen LogP contribution < -0.4 is 0 Å². The van der Waals surface area contributed by atoms with Gasteiger partial charge < -0.3 is 10.1 Å². The van der Waals surface area contributed by atoms with Crippen molar-refractivity contribution in [3.63, 3.8) is 0 Å². The molecular formula is C12H18N4O4S. The molecule has 116 valence electrons. The smallest absolute Gasteiger partial charge is 0.322 e. The van der Waals surface area contributed by atoms with E-state index in [1.165, 1.54) is 17.7 Å². The monoisotopic (exact) mass is 314 g/mol. The Labute approximate surface area is 123 Å². The Morgan fingerprint density at radius 3 is 2.90 bits per heavy atom. The highest BCUT2D eigenvalue weighted by Crippen LogP contribution is 2.31. The zero-order valence-corrected chi connectivity index (χ0v) is 12.5. The fourth-order valence-electron chi connectivity index (χ4n) is 2.60. The van der Waals surface area contributed by atoms with Gasteiger partial charge >= 0.3 is 5.97 Å². The number of nitrogens with zero attached hydrogens (tertiary/aromatic N) is 3. The van der Waals surface area contributed by atoms with E-state index in [4.69, 9.17) is 0 Å². The molecule has 1 atom stereocenters. The van der Waals surface area contributed by atoms with E-state index < -0.39 is 22.2 Å². The van der Waals surface area contributed by atoms with Crippen LogP contribution in [0.25, 0.3) is 0 Å². The normalized spacial score (nSPS) is 23.2. The fraction of sp³-hybridized carbons (Fsp3) is 0.667. The first-order valence-corrected chi connectivity index (χ1v) is 8.26. The SMILES string of the molecule is CN(CC1CC1)S(=O)(=O)N1Cc2[nH]cnc2CC1C(=O)O. The molecule has 2 N–H and O–H groups in total. The first kappa shape index (κ1) is 14.5. The molecule has 2 heterocycles. The predicted molar refractivity (Wildman–Crippen MR) is 73.5 cm³/mol. The van der Waals surface area contributed by atoms with Gasteiger partial charge in [0, 0.05) is 20.0 Å². The molecule has 1 aromatic rings. The number of carboxylic acids is 1. The van der Waals surface area contributed by atoms with Crippen molar-refractivity contribution in [1.82, 2.24) is 18.6 Å². The molecule has 0 amide bonds. The number of carboxylic acid groups (broad SMARTS) is 1. The number of imidazole rings is 1. The minimum Gasteiger partial charge on any atom is -0.480 e. The second-order valence-electron chi connectivity index (χ2n) is 5.66. The summed E-state index contributed by atoms with van der Waals surface area (Å²) in [6.45, 7) is 0.463. The van der Waals surface area contributed by atoms with E-state index in [1.54, 1.807) is 0 Å². The van der Waals surface area contributed by atoms with Gasteiger partial charge in [-0.25, -0.2) is 4.98 Å². The molecule has 0 bridgehead atoms. The molecule has 0 saturated heterocycles. The molecular weight excluding hydrogens is 296 g/mol. The number of aromatic nitrogens is 2. The van der Waals surface area contributed by atoms with Crippen molar-refractivity contribution in [2.75, 3.05) is 13.6 Å². The van der Waals surface area contributed by atoms with E-state index in [0.717, 1.165) is 17.1 Å². The summed E-state index contributed by atoms with van der Waals surface area (Å²) in [5, 5.41) is 9.35. The molecule has 0 spiro atoms. The molecule has 2 aliphatic rings. The van der Waals surface area contributed by atoms with Gasteiger partial charge in [0.2, 0.25) is 0 Å². The number of H-pyrrole nitrogens is 1. The van der Waals surface area contributed by atoms with Crippen LogP contribution in [0.15, 0.2) is 6.33 Å². The molecule has 21 heavy (non-hydrogen) atoms. The minimum absolute atomic E-state index is 0.0175. The van der Waals surface area contributed by atoms with Crippen molar-refractivity contribution in [1.29, 1.82) is 0 Å². The van der Waals surface area contributed by atoms with Crippen LogP contribution in [0.5, 0.6) is 0 Å². The molecule has 1 aliphatic heterocycles. The predicted octanol–water partition coefficient (Wildman–Crippen LogP) is -0.192. The first-order valence-electron chi connectivity index (χ1n) is 6.86. The van der Waals surface area contributed by atoms with Crippen LogP contribution >= 0.6 is 0 Å². The molecule has 1 saturated carbocycles. The van der Waals surface area contributed by atoms with Gasteiger partial charge in [0.1, 0.15) is 6.04 Å². The number of fused-ring (bicyclic) bond motifs is 1. The highest BCUT2D eigenvalue weighted by molar-refractivity contribution is 7.86. The summed E-state index contributed by atoms with van der Waals surface area (Å²) in [5.74, 6) is -0.743. The summed E-state index contributed by atoms with van der Waals surface area (Å²) in [5.41, 5.74) is 1.29. The van der Waals surface area contributed by atoms with Gasteiger partial charge in [0.15, 0.2) is 0 Å². The molecule has 0 aromatic carbocycles. The van der Waals surface area contributed by atoms with E-state index in [2.05, 4.69) is 9.97 Å². The maximum Gasteiger partial charge on any atom is 0.322 e. The minimum atomic E-state index is -3.79. The molecule has 8 nitrogen and oxygen atoms in total. The highest BCUT2D eigenvalue weighted by atomic mass is 32.2. The standard InChI is InChI=1S/C12H18N4O4S/c1-15(5-8-2-3-8)21(19,20)16-6-10-9(13-7-14-10)4-11(16)12(17)18/h7-8,11H,2-6H2,1H3,(H,13,14)(H,17,18). The molecule has 3 rings (SSSR count). The number of carbonyl (C=O) groups is 1. The number of rotatable bonds is 5. The Morgan fingerprint density at radius 1 is 1.57 bits per heavy atom. The summed E-state index contributed by atoms with van der Waals surface area (Å²) in [7, 11) is -2.28. The van der Waals surface area contributed by atoms with Crippen LogP contribution in [0.2, 0.25) is 0 Å². The molecule has 0 radical (unpaired) electrons. The average molecular weight is 314 g/mol. The maximum atomic E-state index is 12.6. The Kier molecular flexibility index (Phi) is 3.50. The molecule has 1 aliphatic carbocycles. The highest BCUT2D eigenvalue weighted by Gasteiger charge is 2.42. The van der Waals surface area contributed by atoms with E-state index >= 15 is 0 Å². The summed E-state index contributed by atoms with van der Waals surface area (Å²) >= 11 is 0. The molecule has 9 heteroatoms. The summed E-state index contributed by atoms with van der Waals surface area (Å²) in [4.78, 5) is 18.4. The van der Waals surface area contributed by atoms with Gasteiger partial charge in [0.25, 0.3) is 10.2 Å². The second kappa shape index (κ2) is 5.08. The summed E-state index contributed by atoms with van der Waals surface area (Å²) in [6, 6.07) is -1.10.